The third-order valence-corrected chi connectivity index (χ3v) is 5.23. The average Bonchev–Trinajstić information content (AvgIpc) is 2.55. The number of amides is 1. The minimum absolute atomic E-state index is 0.0369. The first-order valence-corrected chi connectivity index (χ1v) is 10.2. The fourth-order valence-electron chi connectivity index (χ4n) is 1.85. The molecule has 0 aliphatic carbocycles. The predicted octanol–water partition coefficient (Wildman–Crippen LogP) is 1.82. The fourth-order valence-corrected chi connectivity index (χ4v) is 3.44. The summed E-state index contributed by atoms with van der Waals surface area (Å²) in [5.41, 5.74) is 0. The summed E-state index contributed by atoms with van der Waals surface area (Å²) in [6, 6.07) is 4.94. The van der Waals surface area contributed by atoms with Crippen LogP contribution >= 0.6 is 15.9 Å². The van der Waals surface area contributed by atoms with Crippen LogP contribution in [0.5, 0.6) is 0 Å². The molecule has 2 N–H and O–H groups in total. The van der Waals surface area contributed by atoms with E-state index in [0.29, 0.717) is 6.54 Å². The van der Waals surface area contributed by atoms with Crippen molar-refractivity contribution < 1.29 is 22.7 Å². The van der Waals surface area contributed by atoms with Crippen molar-refractivity contribution in [3.8, 4) is 0 Å². The number of rotatable bonds is 9. The molecule has 0 fully saturated rings. The van der Waals surface area contributed by atoms with Gasteiger partial charge in [-0.1, -0.05) is 36.7 Å². The second-order valence-electron chi connectivity index (χ2n) is 5.75. The lowest BCUT2D eigenvalue weighted by atomic mass is 10.1. The number of sulfonamides is 1. The van der Waals surface area contributed by atoms with Gasteiger partial charge in [0.1, 0.15) is 6.04 Å². The van der Waals surface area contributed by atoms with E-state index in [9.17, 15) is 18.0 Å². The summed E-state index contributed by atoms with van der Waals surface area (Å²) >= 11 is 3.23. The number of carbonyl (C=O) groups excluding carboxylic acids is 2. The summed E-state index contributed by atoms with van der Waals surface area (Å²) in [4.78, 5) is 23.7. The van der Waals surface area contributed by atoms with Gasteiger partial charge in [-0.2, -0.15) is 4.72 Å². The monoisotopic (exact) mass is 434 g/mol. The molecule has 0 saturated carbocycles. The molecule has 0 heterocycles. The number of hydrogen-bond acceptors (Lipinski definition) is 5. The quantitative estimate of drug-likeness (QED) is 0.577. The highest BCUT2D eigenvalue weighted by Crippen LogP contribution is 2.16. The minimum Gasteiger partial charge on any atom is -0.454 e. The van der Waals surface area contributed by atoms with Crippen LogP contribution in [0.4, 0.5) is 0 Å². The summed E-state index contributed by atoms with van der Waals surface area (Å²) in [6.07, 6.45) is 0.765. The molecule has 0 aliphatic heterocycles. The highest BCUT2D eigenvalue weighted by Gasteiger charge is 2.30. The van der Waals surface area contributed by atoms with Crippen molar-refractivity contribution >= 4 is 37.8 Å². The summed E-state index contributed by atoms with van der Waals surface area (Å²) in [6.45, 7) is 5.32. The molecule has 1 atom stereocenters. The maximum Gasteiger partial charge on any atom is 0.324 e. The molecule has 0 aliphatic rings. The van der Waals surface area contributed by atoms with Crippen LogP contribution in [0, 0.1) is 5.92 Å². The standard InChI is InChI=1S/C16H23BrN2O5S/c1-4-9-18-14(20)10-24-16(21)15(11(2)3)19-25(22,23)13-7-5-12(17)6-8-13/h5-8,11,15,19H,4,9-10H2,1-3H3,(H,18,20). The average molecular weight is 435 g/mol. The second-order valence-corrected chi connectivity index (χ2v) is 8.38. The molecule has 9 heteroatoms. The van der Waals surface area contributed by atoms with Gasteiger partial charge in [0.2, 0.25) is 10.0 Å². The molecule has 1 rings (SSSR count). The van der Waals surface area contributed by atoms with Crippen molar-refractivity contribution in [2.75, 3.05) is 13.2 Å². The van der Waals surface area contributed by atoms with Gasteiger partial charge in [-0.3, -0.25) is 9.59 Å². The number of benzene rings is 1. The Labute approximate surface area is 156 Å². The van der Waals surface area contributed by atoms with Crippen LogP contribution in [-0.4, -0.2) is 39.5 Å². The van der Waals surface area contributed by atoms with E-state index < -0.39 is 34.5 Å². The minimum atomic E-state index is -3.89. The van der Waals surface area contributed by atoms with E-state index in [1.807, 2.05) is 6.92 Å². The van der Waals surface area contributed by atoms with Crippen molar-refractivity contribution in [3.63, 3.8) is 0 Å². The molecule has 0 saturated heterocycles. The molecular formula is C16H23BrN2O5S. The van der Waals surface area contributed by atoms with Gasteiger partial charge in [0.15, 0.2) is 6.61 Å². The topological polar surface area (TPSA) is 102 Å². The van der Waals surface area contributed by atoms with Crippen molar-refractivity contribution in [3.05, 3.63) is 28.7 Å². The Kier molecular flexibility index (Phi) is 8.54. The Hall–Kier alpha value is -1.45. The molecule has 140 valence electrons. The zero-order valence-electron chi connectivity index (χ0n) is 14.4. The smallest absolute Gasteiger partial charge is 0.324 e. The zero-order valence-corrected chi connectivity index (χ0v) is 16.8. The molecule has 7 nitrogen and oxygen atoms in total. The maximum atomic E-state index is 12.4. The van der Waals surface area contributed by atoms with Crippen LogP contribution in [0.2, 0.25) is 0 Å². The second kappa shape index (κ2) is 9.88. The zero-order chi connectivity index (χ0) is 19.0. The highest BCUT2D eigenvalue weighted by molar-refractivity contribution is 9.10. The van der Waals surface area contributed by atoms with Gasteiger partial charge in [-0.05, 0) is 36.6 Å². The summed E-state index contributed by atoms with van der Waals surface area (Å²) < 4.78 is 32.9. The predicted molar refractivity (Wildman–Crippen MR) is 97.3 cm³/mol. The Morgan fingerprint density at radius 2 is 1.80 bits per heavy atom. The van der Waals surface area contributed by atoms with Crippen molar-refractivity contribution in [1.82, 2.24) is 10.0 Å². The summed E-state index contributed by atoms with van der Waals surface area (Å²) in [5, 5.41) is 2.58. The third-order valence-electron chi connectivity index (χ3n) is 3.24. The number of nitrogens with one attached hydrogen (secondary N) is 2. The van der Waals surface area contributed by atoms with E-state index in [4.69, 9.17) is 4.74 Å². The fraction of sp³-hybridized carbons (Fsp3) is 0.500. The number of ether oxygens (including phenoxy) is 1. The van der Waals surface area contributed by atoms with Crippen LogP contribution < -0.4 is 10.0 Å². The molecule has 1 unspecified atom stereocenters. The van der Waals surface area contributed by atoms with Crippen LogP contribution in [0.25, 0.3) is 0 Å². The van der Waals surface area contributed by atoms with Crippen LogP contribution in [-0.2, 0) is 24.3 Å². The molecule has 1 amide bonds. The van der Waals surface area contributed by atoms with Gasteiger partial charge in [0.05, 0.1) is 4.90 Å². The molecule has 0 bridgehead atoms. The Morgan fingerprint density at radius 1 is 1.20 bits per heavy atom. The molecule has 0 radical (unpaired) electrons. The number of hydrogen-bond donors (Lipinski definition) is 2. The lowest BCUT2D eigenvalue weighted by Crippen LogP contribution is -2.46. The van der Waals surface area contributed by atoms with E-state index in [2.05, 4.69) is 26.0 Å². The third kappa shape index (κ3) is 7.13. The van der Waals surface area contributed by atoms with E-state index in [1.165, 1.54) is 12.1 Å². The Balaban J connectivity index is 2.77. The first-order valence-electron chi connectivity index (χ1n) is 7.88. The summed E-state index contributed by atoms with van der Waals surface area (Å²) in [5.74, 6) is -1.56. The molecule has 0 spiro atoms. The van der Waals surface area contributed by atoms with Crippen LogP contribution in [0.15, 0.2) is 33.6 Å². The van der Waals surface area contributed by atoms with Crippen LogP contribution in [0.3, 0.4) is 0 Å². The van der Waals surface area contributed by atoms with E-state index in [-0.39, 0.29) is 10.8 Å². The molecular weight excluding hydrogens is 412 g/mol. The van der Waals surface area contributed by atoms with E-state index in [0.717, 1.165) is 10.9 Å². The molecule has 0 aromatic heterocycles. The number of esters is 1. The highest BCUT2D eigenvalue weighted by atomic mass is 79.9. The SMILES string of the molecule is CCCNC(=O)COC(=O)C(NS(=O)(=O)c1ccc(Br)cc1)C(C)C. The maximum absolute atomic E-state index is 12.4. The van der Waals surface area contributed by atoms with Crippen molar-refractivity contribution in [2.24, 2.45) is 5.92 Å². The Bertz CT molecular complexity index is 689. The first-order chi connectivity index (χ1) is 11.7. The van der Waals surface area contributed by atoms with Gasteiger partial charge in [0, 0.05) is 11.0 Å². The molecule has 25 heavy (non-hydrogen) atoms. The summed E-state index contributed by atoms with van der Waals surface area (Å²) in [7, 11) is -3.89. The normalized spacial score (nSPS) is 12.7. The molecule has 1 aromatic carbocycles. The largest absolute Gasteiger partial charge is 0.454 e. The number of halogens is 1. The Morgan fingerprint density at radius 3 is 2.32 bits per heavy atom. The number of carbonyl (C=O) groups is 2. The van der Waals surface area contributed by atoms with Gasteiger partial charge in [-0.25, -0.2) is 8.42 Å². The van der Waals surface area contributed by atoms with Gasteiger partial charge in [0.25, 0.3) is 5.91 Å². The van der Waals surface area contributed by atoms with Gasteiger partial charge >= 0.3 is 5.97 Å². The lowest BCUT2D eigenvalue weighted by Gasteiger charge is -2.20. The first kappa shape index (κ1) is 21.6. The van der Waals surface area contributed by atoms with Crippen LogP contribution in [0.1, 0.15) is 27.2 Å². The van der Waals surface area contributed by atoms with Gasteiger partial charge in [-0.15, -0.1) is 0 Å². The van der Waals surface area contributed by atoms with E-state index in [1.54, 1.807) is 26.0 Å². The van der Waals surface area contributed by atoms with Crippen molar-refractivity contribution in [1.29, 1.82) is 0 Å². The van der Waals surface area contributed by atoms with Crippen molar-refractivity contribution in [2.45, 2.75) is 38.1 Å². The molecule has 1 aromatic rings. The van der Waals surface area contributed by atoms with E-state index >= 15 is 0 Å². The van der Waals surface area contributed by atoms with Gasteiger partial charge < -0.3 is 10.1 Å². The lowest BCUT2D eigenvalue weighted by molar-refractivity contribution is -0.151.